The van der Waals surface area contributed by atoms with Crippen LogP contribution in [-0.4, -0.2) is 54.1 Å². The van der Waals surface area contributed by atoms with E-state index in [1.807, 2.05) is 20.8 Å². The van der Waals surface area contributed by atoms with Crippen molar-refractivity contribution in [2.45, 2.75) is 83.9 Å². The normalized spacial score (nSPS) is 28.8. The van der Waals surface area contributed by atoms with Crippen molar-refractivity contribution in [2.75, 3.05) is 19.6 Å². The number of hydrogen-bond acceptors (Lipinski definition) is 4. The van der Waals surface area contributed by atoms with Gasteiger partial charge >= 0.3 is 5.97 Å². The van der Waals surface area contributed by atoms with Crippen molar-refractivity contribution in [3.05, 3.63) is 0 Å². The molecule has 0 aromatic heterocycles. The molecular formula is C19H36N4O2. The predicted molar refractivity (Wildman–Crippen MR) is 101 cm³/mol. The quantitative estimate of drug-likeness (QED) is 0.451. The summed E-state index contributed by atoms with van der Waals surface area (Å²) in [5.41, 5.74) is 5.67. The Hall–Kier alpha value is -1.30. The summed E-state index contributed by atoms with van der Waals surface area (Å²) in [6.07, 6.45) is 6.05. The molecule has 0 bridgehead atoms. The Labute approximate surface area is 152 Å². The average molecular weight is 353 g/mol. The number of likely N-dealkylation sites (N-methyl/N-ethyl adjacent to an activating group) is 1. The van der Waals surface area contributed by atoms with Gasteiger partial charge in [0.1, 0.15) is 5.60 Å². The van der Waals surface area contributed by atoms with E-state index >= 15 is 0 Å². The third-order valence-corrected chi connectivity index (χ3v) is 5.20. The van der Waals surface area contributed by atoms with Crippen LogP contribution < -0.4 is 11.1 Å². The van der Waals surface area contributed by atoms with Crippen LogP contribution in [0.1, 0.15) is 66.2 Å². The van der Waals surface area contributed by atoms with Crippen LogP contribution in [0.3, 0.4) is 0 Å². The first-order valence-electron chi connectivity index (χ1n) is 9.82. The summed E-state index contributed by atoms with van der Waals surface area (Å²) in [6, 6.07) is 0.849. The Morgan fingerprint density at radius 1 is 1.24 bits per heavy atom. The molecule has 1 saturated heterocycles. The van der Waals surface area contributed by atoms with Gasteiger partial charge in [-0.15, -0.1) is 0 Å². The van der Waals surface area contributed by atoms with E-state index in [9.17, 15) is 4.79 Å². The maximum atomic E-state index is 12.2. The summed E-state index contributed by atoms with van der Waals surface area (Å²) in [5.74, 6) is 0.504. The van der Waals surface area contributed by atoms with Crippen LogP contribution in [0.2, 0.25) is 0 Å². The summed E-state index contributed by atoms with van der Waals surface area (Å²) >= 11 is 0. The van der Waals surface area contributed by atoms with Crippen LogP contribution in [0.4, 0.5) is 0 Å². The Balaban J connectivity index is 1.72. The smallest absolute Gasteiger partial charge is 0.309 e. The molecule has 0 aromatic carbocycles. The van der Waals surface area contributed by atoms with Crippen molar-refractivity contribution in [1.82, 2.24) is 10.2 Å². The lowest BCUT2D eigenvalue weighted by molar-refractivity contribution is -0.161. The van der Waals surface area contributed by atoms with Crippen LogP contribution in [0.25, 0.3) is 0 Å². The van der Waals surface area contributed by atoms with Gasteiger partial charge in [-0.2, -0.15) is 0 Å². The molecule has 2 rings (SSSR count). The van der Waals surface area contributed by atoms with Gasteiger partial charge in [0.15, 0.2) is 5.96 Å². The number of carbonyl (C=O) groups excluding carboxylic acids is 1. The number of hydrogen-bond donors (Lipinski definition) is 2. The molecule has 2 aliphatic rings. The monoisotopic (exact) mass is 352 g/mol. The number of likely N-dealkylation sites (tertiary alicyclic amines) is 1. The zero-order valence-corrected chi connectivity index (χ0v) is 16.4. The van der Waals surface area contributed by atoms with Crippen LogP contribution in [0.15, 0.2) is 4.99 Å². The highest BCUT2D eigenvalue weighted by Gasteiger charge is 2.30. The number of aliphatic imine (C=N–C) groups is 1. The molecule has 144 valence electrons. The highest BCUT2D eigenvalue weighted by molar-refractivity contribution is 5.78. The molecule has 25 heavy (non-hydrogen) atoms. The molecule has 1 saturated carbocycles. The van der Waals surface area contributed by atoms with Crippen molar-refractivity contribution in [2.24, 2.45) is 16.6 Å². The fourth-order valence-corrected chi connectivity index (χ4v) is 3.84. The highest BCUT2D eigenvalue weighted by atomic mass is 16.6. The minimum absolute atomic E-state index is 0.0204. The molecule has 0 aromatic rings. The van der Waals surface area contributed by atoms with E-state index in [0.29, 0.717) is 18.0 Å². The average Bonchev–Trinajstić information content (AvgIpc) is 2.99. The van der Waals surface area contributed by atoms with Crippen LogP contribution in [0, 0.1) is 5.92 Å². The van der Waals surface area contributed by atoms with Crippen LogP contribution >= 0.6 is 0 Å². The van der Waals surface area contributed by atoms with Crippen LogP contribution in [-0.2, 0) is 9.53 Å². The number of nitrogens with two attached hydrogens (primary N) is 1. The molecule has 0 amide bonds. The molecule has 6 nitrogen and oxygen atoms in total. The number of nitrogens with zero attached hydrogens (tertiary/aromatic N) is 2. The number of nitrogens with one attached hydrogen (secondary N) is 1. The minimum Gasteiger partial charge on any atom is -0.460 e. The van der Waals surface area contributed by atoms with Gasteiger partial charge in [0.25, 0.3) is 0 Å². The number of guanidine groups is 1. The Bertz CT molecular complexity index is 465. The molecule has 1 unspecified atom stereocenters. The second-order valence-electron chi connectivity index (χ2n) is 8.38. The minimum atomic E-state index is -0.407. The Morgan fingerprint density at radius 2 is 1.92 bits per heavy atom. The lowest BCUT2D eigenvalue weighted by atomic mass is 9.86. The Morgan fingerprint density at radius 3 is 2.52 bits per heavy atom. The van der Waals surface area contributed by atoms with Gasteiger partial charge < -0.3 is 15.8 Å². The van der Waals surface area contributed by atoms with E-state index in [1.54, 1.807) is 0 Å². The predicted octanol–water partition coefficient (Wildman–Crippen LogP) is 2.28. The Kier molecular flexibility index (Phi) is 7.11. The van der Waals surface area contributed by atoms with E-state index in [4.69, 9.17) is 10.5 Å². The SMILES string of the molecule is CCN1CCCC1CN=C(N)NC1CCC(C(=O)OC(C)(C)C)CC1. The van der Waals surface area contributed by atoms with Crippen molar-refractivity contribution in [3.63, 3.8) is 0 Å². The molecule has 2 fully saturated rings. The largest absolute Gasteiger partial charge is 0.460 e. The summed E-state index contributed by atoms with van der Waals surface area (Å²) in [5, 5.41) is 3.34. The maximum absolute atomic E-state index is 12.2. The van der Waals surface area contributed by atoms with Crippen molar-refractivity contribution in [3.8, 4) is 0 Å². The molecule has 6 heteroatoms. The summed E-state index contributed by atoms with van der Waals surface area (Å²) in [7, 11) is 0. The molecule has 1 aliphatic carbocycles. The first kappa shape index (κ1) is 20.0. The van der Waals surface area contributed by atoms with Gasteiger partial charge in [0.05, 0.1) is 12.5 Å². The van der Waals surface area contributed by atoms with Crippen molar-refractivity contribution < 1.29 is 9.53 Å². The highest BCUT2D eigenvalue weighted by Crippen LogP contribution is 2.27. The molecular weight excluding hydrogens is 316 g/mol. The van der Waals surface area contributed by atoms with Gasteiger partial charge in [-0.25, -0.2) is 0 Å². The number of rotatable bonds is 5. The van der Waals surface area contributed by atoms with E-state index in [2.05, 4.69) is 22.1 Å². The van der Waals surface area contributed by atoms with Gasteiger partial charge in [-0.05, 0) is 72.4 Å². The third kappa shape index (κ3) is 6.49. The summed E-state index contributed by atoms with van der Waals surface area (Å²) < 4.78 is 5.50. The zero-order valence-electron chi connectivity index (χ0n) is 16.4. The number of carbonyl (C=O) groups is 1. The van der Waals surface area contributed by atoms with Gasteiger partial charge in [-0.1, -0.05) is 6.92 Å². The molecule has 1 atom stereocenters. The molecule has 0 spiro atoms. The topological polar surface area (TPSA) is 80.0 Å². The molecule has 1 heterocycles. The van der Waals surface area contributed by atoms with E-state index in [-0.39, 0.29) is 11.9 Å². The molecule has 3 N–H and O–H groups in total. The van der Waals surface area contributed by atoms with E-state index in [1.165, 1.54) is 19.4 Å². The third-order valence-electron chi connectivity index (χ3n) is 5.20. The first-order chi connectivity index (χ1) is 11.8. The van der Waals surface area contributed by atoms with Crippen LogP contribution in [0.5, 0.6) is 0 Å². The first-order valence-corrected chi connectivity index (χ1v) is 9.82. The standard InChI is InChI=1S/C19H36N4O2/c1-5-23-12-6-7-16(23)13-21-18(20)22-15-10-8-14(9-11-15)17(24)25-19(2,3)4/h14-16H,5-13H2,1-4H3,(H3,20,21,22). The van der Waals surface area contributed by atoms with Gasteiger partial charge in [0.2, 0.25) is 0 Å². The number of esters is 1. The molecule has 0 radical (unpaired) electrons. The lowest BCUT2D eigenvalue weighted by Gasteiger charge is -2.30. The maximum Gasteiger partial charge on any atom is 0.309 e. The second kappa shape index (κ2) is 8.88. The van der Waals surface area contributed by atoms with Crippen molar-refractivity contribution >= 4 is 11.9 Å². The van der Waals surface area contributed by atoms with E-state index < -0.39 is 5.60 Å². The fourth-order valence-electron chi connectivity index (χ4n) is 3.84. The van der Waals surface area contributed by atoms with E-state index in [0.717, 1.165) is 38.8 Å². The van der Waals surface area contributed by atoms with Crippen molar-refractivity contribution in [1.29, 1.82) is 0 Å². The van der Waals surface area contributed by atoms with Gasteiger partial charge in [-0.3, -0.25) is 14.7 Å². The zero-order chi connectivity index (χ0) is 18.4. The summed E-state index contributed by atoms with van der Waals surface area (Å²) in [6.45, 7) is 11.0. The molecule has 1 aliphatic heterocycles. The fraction of sp³-hybridized carbons (Fsp3) is 0.895. The second-order valence-corrected chi connectivity index (χ2v) is 8.38. The summed E-state index contributed by atoms with van der Waals surface area (Å²) in [4.78, 5) is 19.2. The number of ether oxygens (including phenoxy) is 1. The lowest BCUT2D eigenvalue weighted by Crippen LogP contribution is -2.44. The van der Waals surface area contributed by atoms with Gasteiger partial charge in [0, 0.05) is 12.1 Å².